The molecule has 3 heterocycles. The lowest BCUT2D eigenvalue weighted by atomic mass is 10.1. The van der Waals surface area contributed by atoms with Gasteiger partial charge >= 0.3 is 0 Å². The van der Waals surface area contributed by atoms with E-state index in [2.05, 4.69) is 20.5 Å². The summed E-state index contributed by atoms with van der Waals surface area (Å²) in [6.45, 7) is 6.70. The zero-order valence-electron chi connectivity index (χ0n) is 16.8. The normalized spacial score (nSPS) is 13.6. The van der Waals surface area contributed by atoms with E-state index in [1.54, 1.807) is 25.4 Å². The van der Waals surface area contributed by atoms with E-state index >= 15 is 0 Å². The molecule has 0 unspecified atom stereocenters. The summed E-state index contributed by atoms with van der Waals surface area (Å²) in [4.78, 5) is 17.2. The Hall–Kier alpha value is -3.29. The van der Waals surface area contributed by atoms with Crippen LogP contribution in [0.15, 0.2) is 36.7 Å². The second kappa shape index (κ2) is 9.27. The van der Waals surface area contributed by atoms with Gasteiger partial charge in [0.25, 0.3) is 5.91 Å². The molecule has 0 aliphatic carbocycles. The Morgan fingerprint density at radius 3 is 2.86 bits per heavy atom. The van der Waals surface area contributed by atoms with Gasteiger partial charge in [-0.15, -0.1) is 10.2 Å². The third-order valence-electron chi connectivity index (χ3n) is 4.39. The topological polar surface area (TPSA) is 81.9 Å². The fourth-order valence-electron chi connectivity index (χ4n) is 2.96. The van der Waals surface area contributed by atoms with Crippen molar-refractivity contribution in [2.45, 2.75) is 40.2 Å². The van der Waals surface area contributed by atoms with Crippen LogP contribution in [0.2, 0.25) is 0 Å². The molecule has 2 aromatic heterocycles. The molecule has 1 N–H and O–H groups in total. The number of amides is 1. The number of pyridine rings is 1. The van der Waals surface area contributed by atoms with Crippen molar-refractivity contribution in [3.05, 3.63) is 53.6 Å². The number of carbonyl (C=O) groups excluding carboxylic acids is 1. The van der Waals surface area contributed by atoms with Crippen molar-refractivity contribution in [2.24, 2.45) is 0 Å². The van der Waals surface area contributed by atoms with Gasteiger partial charge in [0.05, 0.1) is 12.2 Å². The smallest absolute Gasteiger partial charge is 0.260 e. The molecular formula is C21H24FN5O2. The number of nitrogens with zero attached hydrogens (tertiary/aromatic N) is 4. The Bertz CT molecular complexity index is 1000. The molecule has 1 aliphatic rings. The van der Waals surface area contributed by atoms with Crippen molar-refractivity contribution in [1.29, 1.82) is 0 Å². The second-order valence-electron chi connectivity index (χ2n) is 6.36. The van der Waals surface area contributed by atoms with Gasteiger partial charge in [-0.1, -0.05) is 19.9 Å². The lowest BCUT2D eigenvalue weighted by Crippen LogP contribution is -2.16. The largest absolute Gasteiger partial charge is 0.493 e. The number of nitrogens with one attached hydrogen (secondary N) is 1. The van der Waals surface area contributed by atoms with E-state index in [4.69, 9.17) is 4.74 Å². The van der Waals surface area contributed by atoms with Crippen LogP contribution < -0.4 is 10.1 Å². The lowest BCUT2D eigenvalue weighted by Gasteiger charge is -2.14. The van der Waals surface area contributed by atoms with Gasteiger partial charge in [-0.25, -0.2) is 9.37 Å². The Morgan fingerprint density at radius 2 is 2.03 bits per heavy atom. The molecule has 7 nitrogen and oxygen atoms in total. The van der Waals surface area contributed by atoms with Crippen LogP contribution >= 0.6 is 0 Å². The number of halogens is 1. The Labute approximate surface area is 169 Å². The molecule has 29 heavy (non-hydrogen) atoms. The van der Waals surface area contributed by atoms with E-state index < -0.39 is 11.7 Å². The quantitative estimate of drug-likeness (QED) is 0.614. The number of ether oxygens (including phenoxy) is 1. The van der Waals surface area contributed by atoms with Crippen molar-refractivity contribution in [2.75, 3.05) is 11.9 Å². The molecular weight excluding hydrogens is 373 g/mol. The number of fused-ring (bicyclic) bond motifs is 5. The number of hydrogen-bond acceptors (Lipinski definition) is 5. The minimum Gasteiger partial charge on any atom is -0.493 e. The summed E-state index contributed by atoms with van der Waals surface area (Å²) in [6, 6.07) is 8.05. The first-order chi connectivity index (χ1) is 14.1. The highest BCUT2D eigenvalue weighted by atomic mass is 19.1. The second-order valence-corrected chi connectivity index (χ2v) is 6.36. The van der Waals surface area contributed by atoms with Gasteiger partial charge in [0.1, 0.15) is 29.4 Å². The standard InChI is InChI=1S/C19H18FN5O2.C2H6/c1-12-9-13-16(10-14(12)20)27-8-3-2-7-25-11-21-24-18(25)15-5-4-6-17(22-15)23-19(13)26;1-2/h4-6,9-11H,2-3,7-8H2,1H3,(H,22,23,26);1-2H3. The summed E-state index contributed by atoms with van der Waals surface area (Å²) >= 11 is 0. The fraction of sp³-hybridized carbons (Fsp3) is 0.333. The maximum Gasteiger partial charge on any atom is 0.260 e. The van der Waals surface area contributed by atoms with Crippen LogP contribution in [0.3, 0.4) is 0 Å². The number of aryl methyl sites for hydroxylation is 2. The van der Waals surface area contributed by atoms with E-state index in [1.165, 1.54) is 12.1 Å². The van der Waals surface area contributed by atoms with Gasteiger partial charge in [0.15, 0.2) is 5.82 Å². The van der Waals surface area contributed by atoms with Crippen molar-refractivity contribution in [1.82, 2.24) is 19.7 Å². The van der Waals surface area contributed by atoms with Crippen molar-refractivity contribution in [3.8, 4) is 17.3 Å². The van der Waals surface area contributed by atoms with E-state index in [1.807, 2.05) is 24.5 Å². The van der Waals surface area contributed by atoms with Gasteiger partial charge in [-0.3, -0.25) is 4.79 Å². The summed E-state index contributed by atoms with van der Waals surface area (Å²) in [5.41, 5.74) is 1.28. The summed E-state index contributed by atoms with van der Waals surface area (Å²) in [5.74, 6) is 0.432. The first-order valence-corrected chi connectivity index (χ1v) is 9.71. The first-order valence-electron chi connectivity index (χ1n) is 9.71. The maximum absolute atomic E-state index is 14.0. The number of aromatic nitrogens is 4. The fourth-order valence-corrected chi connectivity index (χ4v) is 2.96. The SMILES string of the molecule is CC.Cc1cc2c(cc1F)OCCCCn1cnnc1-c1cccc(n1)NC2=O. The van der Waals surface area contributed by atoms with Crippen LogP contribution in [0.5, 0.6) is 5.75 Å². The summed E-state index contributed by atoms with van der Waals surface area (Å²) in [6.07, 6.45) is 3.21. The van der Waals surface area contributed by atoms with E-state index in [0.29, 0.717) is 36.1 Å². The summed E-state index contributed by atoms with van der Waals surface area (Å²) in [7, 11) is 0. The molecule has 0 saturated heterocycles. The predicted octanol–water partition coefficient (Wildman–Crippen LogP) is 4.24. The molecule has 1 aromatic carbocycles. The molecule has 0 spiro atoms. The van der Waals surface area contributed by atoms with Gasteiger partial charge < -0.3 is 14.6 Å². The van der Waals surface area contributed by atoms with Crippen LogP contribution in [0.4, 0.5) is 10.2 Å². The molecule has 3 aromatic rings. The van der Waals surface area contributed by atoms with E-state index in [-0.39, 0.29) is 11.3 Å². The Balaban J connectivity index is 0.00000117. The van der Waals surface area contributed by atoms with E-state index in [0.717, 1.165) is 12.8 Å². The highest BCUT2D eigenvalue weighted by molar-refractivity contribution is 6.06. The number of anilines is 1. The molecule has 4 rings (SSSR count). The number of benzene rings is 1. The van der Waals surface area contributed by atoms with Gasteiger partial charge in [-0.05, 0) is 43.5 Å². The summed E-state index contributed by atoms with van der Waals surface area (Å²) < 4.78 is 21.6. The highest BCUT2D eigenvalue weighted by Gasteiger charge is 2.18. The number of carbonyl (C=O) groups is 1. The highest BCUT2D eigenvalue weighted by Crippen LogP contribution is 2.25. The maximum atomic E-state index is 14.0. The number of hydrogen-bond donors (Lipinski definition) is 1. The van der Waals surface area contributed by atoms with Crippen LogP contribution in [-0.2, 0) is 6.54 Å². The molecule has 1 aliphatic heterocycles. The average molecular weight is 397 g/mol. The molecule has 0 fully saturated rings. The number of rotatable bonds is 0. The molecule has 1 amide bonds. The molecule has 2 bridgehead atoms. The Morgan fingerprint density at radius 1 is 1.21 bits per heavy atom. The molecule has 8 heteroatoms. The lowest BCUT2D eigenvalue weighted by molar-refractivity contribution is 0.102. The monoisotopic (exact) mass is 397 g/mol. The molecule has 0 saturated carbocycles. The molecule has 0 atom stereocenters. The predicted molar refractivity (Wildman–Crippen MR) is 108 cm³/mol. The van der Waals surface area contributed by atoms with Crippen molar-refractivity contribution < 1.29 is 13.9 Å². The van der Waals surface area contributed by atoms with Crippen LogP contribution in [0.25, 0.3) is 11.5 Å². The van der Waals surface area contributed by atoms with Crippen molar-refractivity contribution in [3.63, 3.8) is 0 Å². The molecule has 0 radical (unpaired) electrons. The van der Waals surface area contributed by atoms with Gasteiger partial charge in [0.2, 0.25) is 0 Å². The van der Waals surface area contributed by atoms with Crippen molar-refractivity contribution >= 4 is 11.7 Å². The van der Waals surface area contributed by atoms with Crippen LogP contribution in [0, 0.1) is 12.7 Å². The third kappa shape index (κ3) is 4.59. The first kappa shape index (κ1) is 20.4. The third-order valence-corrected chi connectivity index (χ3v) is 4.39. The van der Waals surface area contributed by atoms with Gasteiger partial charge in [0, 0.05) is 12.6 Å². The zero-order chi connectivity index (χ0) is 20.8. The zero-order valence-corrected chi connectivity index (χ0v) is 16.8. The van der Waals surface area contributed by atoms with Gasteiger partial charge in [-0.2, -0.15) is 0 Å². The molecule has 152 valence electrons. The minimum atomic E-state index is -0.406. The van der Waals surface area contributed by atoms with Crippen LogP contribution in [-0.4, -0.2) is 32.3 Å². The average Bonchev–Trinajstić information content (AvgIpc) is 3.19. The van der Waals surface area contributed by atoms with E-state index in [9.17, 15) is 9.18 Å². The van der Waals surface area contributed by atoms with Crippen LogP contribution in [0.1, 0.15) is 42.6 Å². The minimum absolute atomic E-state index is 0.230. The summed E-state index contributed by atoms with van der Waals surface area (Å²) in [5, 5.41) is 10.9. The Kier molecular flexibility index (Phi) is 6.54.